The first-order chi connectivity index (χ1) is 12.3. The predicted molar refractivity (Wildman–Crippen MR) is 98.0 cm³/mol. The number of anilines is 2. The minimum atomic E-state index is 0.369. The smallest absolute Gasteiger partial charge is 0.188 e. The van der Waals surface area contributed by atoms with Crippen LogP contribution in [0.25, 0.3) is 0 Å². The zero-order chi connectivity index (χ0) is 17.1. The number of H-pyrrole nitrogens is 1. The Bertz CT molecular complexity index is 814. The van der Waals surface area contributed by atoms with Crippen LogP contribution in [0.2, 0.25) is 0 Å². The van der Waals surface area contributed by atoms with Crippen molar-refractivity contribution in [3.8, 4) is 0 Å². The van der Waals surface area contributed by atoms with Crippen molar-refractivity contribution in [1.82, 2.24) is 29.8 Å². The highest BCUT2D eigenvalue weighted by molar-refractivity contribution is 7.13. The van der Waals surface area contributed by atoms with E-state index in [-0.39, 0.29) is 0 Å². The molecule has 0 aromatic carbocycles. The van der Waals surface area contributed by atoms with Crippen LogP contribution in [-0.4, -0.2) is 42.9 Å². The SMILES string of the molecule is Cc1csc(Nc2nccnc2[C@H]2CCCN(Cc3cnc[nH]3)C2)n1. The van der Waals surface area contributed by atoms with Crippen molar-refractivity contribution in [1.29, 1.82) is 0 Å². The average molecular weight is 355 g/mol. The topological polar surface area (TPSA) is 82.6 Å². The van der Waals surface area contributed by atoms with Gasteiger partial charge < -0.3 is 10.3 Å². The van der Waals surface area contributed by atoms with Crippen LogP contribution in [0.5, 0.6) is 0 Å². The van der Waals surface area contributed by atoms with Crippen LogP contribution in [0.15, 0.2) is 30.3 Å². The standard InChI is InChI=1S/C17H21N7S/c1-12-10-25-17(22-12)23-16-15(19-4-5-20-16)13-3-2-6-24(8-13)9-14-7-18-11-21-14/h4-5,7,10-11,13H,2-3,6,8-9H2,1H3,(H,18,21)(H,20,22,23)/t13-/m0/s1. The van der Waals surface area contributed by atoms with E-state index in [4.69, 9.17) is 0 Å². The summed E-state index contributed by atoms with van der Waals surface area (Å²) < 4.78 is 0. The summed E-state index contributed by atoms with van der Waals surface area (Å²) in [6.07, 6.45) is 9.43. The first kappa shape index (κ1) is 16.2. The molecule has 0 saturated carbocycles. The number of hydrogen-bond acceptors (Lipinski definition) is 7. The highest BCUT2D eigenvalue weighted by Gasteiger charge is 2.25. The number of aromatic nitrogens is 5. The summed E-state index contributed by atoms with van der Waals surface area (Å²) in [4.78, 5) is 23.4. The molecule has 25 heavy (non-hydrogen) atoms. The van der Waals surface area contributed by atoms with Crippen LogP contribution >= 0.6 is 11.3 Å². The van der Waals surface area contributed by atoms with Gasteiger partial charge in [-0.15, -0.1) is 11.3 Å². The maximum absolute atomic E-state index is 4.64. The van der Waals surface area contributed by atoms with Gasteiger partial charge in [0.25, 0.3) is 0 Å². The van der Waals surface area contributed by atoms with E-state index in [1.807, 2.05) is 18.5 Å². The highest BCUT2D eigenvalue weighted by atomic mass is 32.1. The monoisotopic (exact) mass is 355 g/mol. The van der Waals surface area contributed by atoms with Crippen LogP contribution in [0, 0.1) is 6.92 Å². The van der Waals surface area contributed by atoms with E-state index >= 15 is 0 Å². The Morgan fingerprint density at radius 2 is 2.28 bits per heavy atom. The Morgan fingerprint density at radius 3 is 3.08 bits per heavy atom. The highest BCUT2D eigenvalue weighted by Crippen LogP contribution is 2.31. The molecule has 0 radical (unpaired) electrons. The van der Waals surface area contributed by atoms with E-state index in [0.29, 0.717) is 5.92 Å². The fourth-order valence-corrected chi connectivity index (χ4v) is 3.98. The van der Waals surface area contributed by atoms with Gasteiger partial charge in [0.05, 0.1) is 17.7 Å². The largest absolute Gasteiger partial charge is 0.347 e. The molecular formula is C17H21N7S. The Morgan fingerprint density at radius 1 is 1.36 bits per heavy atom. The van der Waals surface area contributed by atoms with Crippen molar-refractivity contribution >= 4 is 22.3 Å². The van der Waals surface area contributed by atoms with Gasteiger partial charge in [-0.25, -0.2) is 15.0 Å². The molecule has 7 nitrogen and oxygen atoms in total. The lowest BCUT2D eigenvalue weighted by Crippen LogP contribution is -2.34. The fourth-order valence-electron chi connectivity index (χ4n) is 3.29. The summed E-state index contributed by atoms with van der Waals surface area (Å²) in [5.41, 5.74) is 3.20. The number of aryl methyl sites for hydroxylation is 1. The minimum Gasteiger partial charge on any atom is -0.347 e. The second-order valence-electron chi connectivity index (χ2n) is 6.36. The van der Waals surface area contributed by atoms with Crippen LogP contribution < -0.4 is 5.32 Å². The Kier molecular flexibility index (Phi) is 4.71. The molecule has 0 unspecified atom stereocenters. The molecule has 0 aliphatic carbocycles. The van der Waals surface area contributed by atoms with Crippen molar-refractivity contribution in [2.24, 2.45) is 0 Å². The summed E-state index contributed by atoms with van der Waals surface area (Å²) in [6, 6.07) is 0. The van der Waals surface area contributed by atoms with Crippen LogP contribution in [0.4, 0.5) is 10.9 Å². The average Bonchev–Trinajstić information content (AvgIpc) is 3.27. The summed E-state index contributed by atoms with van der Waals surface area (Å²) in [5, 5.41) is 6.25. The first-order valence-electron chi connectivity index (χ1n) is 8.47. The van der Waals surface area contributed by atoms with E-state index in [1.54, 1.807) is 30.1 Å². The van der Waals surface area contributed by atoms with Crippen molar-refractivity contribution < 1.29 is 0 Å². The third kappa shape index (κ3) is 3.85. The van der Waals surface area contributed by atoms with Crippen molar-refractivity contribution in [2.75, 3.05) is 18.4 Å². The second kappa shape index (κ2) is 7.28. The third-order valence-corrected chi connectivity index (χ3v) is 5.29. The molecule has 1 atom stereocenters. The Labute approximate surface area is 150 Å². The molecule has 8 heteroatoms. The van der Waals surface area contributed by atoms with Gasteiger partial charge in [-0.05, 0) is 26.3 Å². The number of nitrogens with one attached hydrogen (secondary N) is 2. The number of imidazole rings is 1. The Hall–Kier alpha value is -2.32. The molecule has 0 spiro atoms. The van der Waals surface area contributed by atoms with Crippen LogP contribution in [0.1, 0.15) is 35.8 Å². The third-order valence-electron chi connectivity index (χ3n) is 4.41. The summed E-state index contributed by atoms with van der Waals surface area (Å²) in [7, 11) is 0. The van der Waals surface area contributed by atoms with Crippen molar-refractivity contribution in [2.45, 2.75) is 32.2 Å². The number of thiazole rings is 1. The van der Waals surface area contributed by atoms with E-state index in [9.17, 15) is 0 Å². The normalized spacial score (nSPS) is 18.4. The molecule has 2 N–H and O–H groups in total. The van der Waals surface area contributed by atoms with Gasteiger partial charge in [0.15, 0.2) is 10.9 Å². The summed E-state index contributed by atoms with van der Waals surface area (Å²) >= 11 is 1.59. The number of likely N-dealkylation sites (tertiary alicyclic amines) is 1. The number of piperidine rings is 1. The van der Waals surface area contributed by atoms with E-state index < -0.39 is 0 Å². The number of hydrogen-bond donors (Lipinski definition) is 2. The molecule has 1 aliphatic heterocycles. The maximum Gasteiger partial charge on any atom is 0.188 e. The molecular weight excluding hydrogens is 334 g/mol. The quantitative estimate of drug-likeness (QED) is 0.732. The predicted octanol–water partition coefficient (Wildman–Crippen LogP) is 3.09. The van der Waals surface area contributed by atoms with Gasteiger partial charge in [-0.1, -0.05) is 0 Å². The molecule has 3 aromatic heterocycles. The van der Waals surface area contributed by atoms with Gasteiger partial charge in [0, 0.05) is 48.7 Å². The zero-order valence-corrected chi connectivity index (χ0v) is 15.0. The Balaban J connectivity index is 1.50. The lowest BCUT2D eigenvalue weighted by Gasteiger charge is -2.32. The van der Waals surface area contributed by atoms with Crippen LogP contribution in [-0.2, 0) is 6.54 Å². The molecule has 1 saturated heterocycles. The molecule has 1 fully saturated rings. The lowest BCUT2D eigenvalue weighted by atomic mass is 9.94. The number of nitrogens with zero attached hydrogens (tertiary/aromatic N) is 5. The van der Waals surface area contributed by atoms with Crippen molar-refractivity contribution in [3.05, 3.63) is 47.4 Å². The number of aromatic amines is 1. The lowest BCUT2D eigenvalue weighted by molar-refractivity contribution is 0.197. The molecule has 1 aliphatic rings. The van der Waals surface area contributed by atoms with Gasteiger partial charge in [0.1, 0.15) is 0 Å². The molecule has 4 heterocycles. The van der Waals surface area contributed by atoms with Gasteiger partial charge in [0.2, 0.25) is 0 Å². The van der Waals surface area contributed by atoms with Crippen LogP contribution in [0.3, 0.4) is 0 Å². The van der Waals surface area contributed by atoms with E-state index in [2.05, 4.69) is 35.1 Å². The van der Waals surface area contributed by atoms with Gasteiger partial charge >= 0.3 is 0 Å². The maximum atomic E-state index is 4.64. The molecule has 4 rings (SSSR count). The van der Waals surface area contributed by atoms with E-state index in [1.165, 1.54) is 0 Å². The zero-order valence-electron chi connectivity index (χ0n) is 14.1. The molecule has 0 amide bonds. The van der Waals surface area contributed by atoms with E-state index in [0.717, 1.165) is 60.5 Å². The fraction of sp³-hybridized carbons (Fsp3) is 0.412. The van der Waals surface area contributed by atoms with Crippen molar-refractivity contribution in [3.63, 3.8) is 0 Å². The number of rotatable bonds is 5. The first-order valence-corrected chi connectivity index (χ1v) is 9.35. The molecule has 130 valence electrons. The second-order valence-corrected chi connectivity index (χ2v) is 7.22. The summed E-state index contributed by atoms with van der Waals surface area (Å²) in [6.45, 7) is 4.96. The van der Waals surface area contributed by atoms with Gasteiger partial charge in [-0.2, -0.15) is 0 Å². The van der Waals surface area contributed by atoms with Gasteiger partial charge in [-0.3, -0.25) is 9.88 Å². The summed E-state index contributed by atoms with van der Waals surface area (Å²) in [5.74, 6) is 1.19. The molecule has 3 aromatic rings. The minimum absolute atomic E-state index is 0.369. The molecule has 0 bridgehead atoms.